The van der Waals surface area contributed by atoms with Crippen LogP contribution in [-0.2, 0) is 29.0 Å². The lowest BCUT2D eigenvalue weighted by Gasteiger charge is -2.26. The average Bonchev–Trinajstić information content (AvgIpc) is 3.33. The number of fused-ring (bicyclic) bond motifs is 2. The van der Waals surface area contributed by atoms with Crippen LogP contribution in [0, 0.1) is 0 Å². The Bertz CT molecular complexity index is 1580. The summed E-state index contributed by atoms with van der Waals surface area (Å²) in [5.74, 6) is -0.335. The van der Waals surface area contributed by atoms with Crippen molar-refractivity contribution in [2.75, 3.05) is 18.4 Å². The molecule has 3 aromatic rings. The highest BCUT2D eigenvalue weighted by Crippen LogP contribution is 2.29. The molecular weight excluding hydrogens is 560 g/mol. The van der Waals surface area contributed by atoms with Crippen LogP contribution in [0.25, 0.3) is 10.9 Å². The Hall–Kier alpha value is -4.00. The van der Waals surface area contributed by atoms with Crippen molar-refractivity contribution >= 4 is 45.3 Å². The van der Waals surface area contributed by atoms with Gasteiger partial charge in [-0.1, -0.05) is 24.7 Å². The van der Waals surface area contributed by atoms with Crippen molar-refractivity contribution in [1.29, 1.82) is 0 Å². The number of aromatic amines is 1. The minimum absolute atomic E-state index is 0.0721. The maximum atomic E-state index is 13.0. The summed E-state index contributed by atoms with van der Waals surface area (Å²) < 4.78 is 6.36. The number of carbonyl (C=O) groups is 3. The van der Waals surface area contributed by atoms with E-state index in [9.17, 15) is 24.0 Å². The van der Waals surface area contributed by atoms with Gasteiger partial charge in [0.1, 0.15) is 5.60 Å². The van der Waals surface area contributed by atoms with E-state index in [1.165, 1.54) is 17.4 Å². The van der Waals surface area contributed by atoms with Crippen LogP contribution in [0.4, 0.5) is 9.93 Å². The van der Waals surface area contributed by atoms with E-state index >= 15 is 0 Å². The molecule has 3 amide bonds. The average molecular weight is 599 g/mol. The zero-order chi connectivity index (χ0) is 30.4. The fourth-order valence-corrected chi connectivity index (χ4v) is 5.71. The molecule has 3 N–H and O–H groups in total. The summed E-state index contributed by atoms with van der Waals surface area (Å²) >= 11 is 1.34. The predicted octanol–water partition coefficient (Wildman–Crippen LogP) is 3.78. The van der Waals surface area contributed by atoms with Crippen LogP contribution in [-0.4, -0.2) is 56.0 Å². The van der Waals surface area contributed by atoms with Crippen LogP contribution >= 0.6 is 11.3 Å². The molecule has 13 heteroatoms. The lowest BCUT2D eigenvalue weighted by atomic mass is 10.1. The highest BCUT2D eigenvalue weighted by molar-refractivity contribution is 7.15. The standard InChI is InChI=1S/C29H38N6O6S/c1-5-14-35-25(38)19-11-10-18(16-21(19)32-27(35)39)24(37)33-26-31-20-12-15-34(17-22(20)42-26)23(36)9-7-6-8-13-30-28(40)41-29(2,3)4/h10-11,16H,5-9,12-15,17H2,1-4H3,(H,30,40)(H,32,39)(H,31,33,37). The van der Waals surface area contributed by atoms with Gasteiger partial charge >= 0.3 is 11.8 Å². The molecule has 1 aromatic carbocycles. The number of H-pyrrole nitrogens is 1. The molecule has 12 nitrogen and oxygen atoms in total. The van der Waals surface area contributed by atoms with Crippen molar-refractivity contribution in [2.45, 2.75) is 84.9 Å². The second kappa shape index (κ2) is 13.3. The number of thiazole rings is 1. The van der Waals surface area contributed by atoms with E-state index in [0.29, 0.717) is 61.5 Å². The largest absolute Gasteiger partial charge is 0.444 e. The second-order valence-electron chi connectivity index (χ2n) is 11.3. The van der Waals surface area contributed by atoms with Gasteiger partial charge in [-0.3, -0.25) is 24.3 Å². The quantitative estimate of drug-likeness (QED) is 0.300. The third-order valence-electron chi connectivity index (χ3n) is 6.73. The van der Waals surface area contributed by atoms with Gasteiger partial charge in [-0.2, -0.15) is 0 Å². The van der Waals surface area contributed by atoms with E-state index in [1.807, 2.05) is 32.6 Å². The van der Waals surface area contributed by atoms with Gasteiger partial charge in [-0.05, 0) is 58.2 Å². The second-order valence-corrected chi connectivity index (χ2v) is 12.4. The van der Waals surface area contributed by atoms with Crippen molar-refractivity contribution in [1.82, 2.24) is 24.8 Å². The summed E-state index contributed by atoms with van der Waals surface area (Å²) in [7, 11) is 0. The molecule has 226 valence electrons. The van der Waals surface area contributed by atoms with E-state index in [-0.39, 0.29) is 17.0 Å². The molecule has 0 fully saturated rings. The summed E-state index contributed by atoms with van der Waals surface area (Å²) in [6, 6.07) is 4.59. The fraction of sp³-hybridized carbons (Fsp3) is 0.517. The van der Waals surface area contributed by atoms with Crippen molar-refractivity contribution < 1.29 is 19.1 Å². The molecule has 3 heterocycles. The number of amides is 3. The number of carbonyl (C=O) groups excluding carboxylic acids is 3. The van der Waals surface area contributed by atoms with Crippen LogP contribution in [0.3, 0.4) is 0 Å². The molecular formula is C29H38N6O6S. The lowest BCUT2D eigenvalue weighted by Crippen LogP contribution is -2.35. The molecule has 0 saturated carbocycles. The first-order chi connectivity index (χ1) is 19.9. The smallest absolute Gasteiger partial charge is 0.407 e. The number of nitrogens with zero attached hydrogens (tertiary/aromatic N) is 3. The van der Waals surface area contributed by atoms with Gasteiger partial charge in [0.05, 0.1) is 23.1 Å². The number of nitrogens with one attached hydrogen (secondary N) is 3. The van der Waals surface area contributed by atoms with Crippen molar-refractivity contribution in [2.24, 2.45) is 0 Å². The van der Waals surface area contributed by atoms with Crippen LogP contribution in [0.5, 0.6) is 0 Å². The number of benzene rings is 1. The maximum Gasteiger partial charge on any atom is 0.407 e. The number of hydrogen-bond donors (Lipinski definition) is 3. The van der Waals surface area contributed by atoms with Gasteiger partial charge in [-0.25, -0.2) is 14.6 Å². The summed E-state index contributed by atoms with van der Waals surface area (Å²) in [5, 5.41) is 6.31. The highest BCUT2D eigenvalue weighted by atomic mass is 32.1. The number of aromatic nitrogens is 3. The molecule has 0 spiro atoms. The molecule has 42 heavy (non-hydrogen) atoms. The van der Waals surface area contributed by atoms with Gasteiger partial charge in [0.15, 0.2) is 5.13 Å². The molecule has 0 bridgehead atoms. The van der Waals surface area contributed by atoms with Crippen LogP contribution in [0.15, 0.2) is 27.8 Å². The fourth-order valence-electron chi connectivity index (χ4n) is 4.69. The zero-order valence-corrected chi connectivity index (χ0v) is 25.3. The van der Waals surface area contributed by atoms with E-state index in [4.69, 9.17) is 4.74 Å². The van der Waals surface area contributed by atoms with Crippen LogP contribution in [0.2, 0.25) is 0 Å². The summed E-state index contributed by atoms with van der Waals surface area (Å²) in [5.41, 5.74) is 0.0377. The van der Waals surface area contributed by atoms with Gasteiger partial charge in [0.2, 0.25) is 5.91 Å². The molecule has 0 atom stereocenters. The third-order valence-corrected chi connectivity index (χ3v) is 7.73. The summed E-state index contributed by atoms with van der Waals surface area (Å²) in [4.78, 5) is 72.4. The Morgan fingerprint density at radius 3 is 2.67 bits per heavy atom. The maximum absolute atomic E-state index is 13.0. The monoisotopic (exact) mass is 598 g/mol. The molecule has 0 saturated heterocycles. The van der Waals surface area contributed by atoms with Gasteiger partial charge < -0.3 is 19.9 Å². The van der Waals surface area contributed by atoms with Crippen molar-refractivity contribution in [3.05, 3.63) is 55.2 Å². The van der Waals surface area contributed by atoms with Crippen LogP contribution < -0.4 is 21.9 Å². The SMILES string of the molecule is CCCn1c(=O)[nH]c2cc(C(=O)Nc3nc4c(s3)CN(C(=O)CCCCCNC(=O)OC(C)(C)C)CC4)ccc2c1=O. The minimum atomic E-state index is -0.531. The number of unbranched alkanes of at least 4 members (excludes halogenated alkanes) is 2. The van der Waals surface area contributed by atoms with Gasteiger partial charge in [-0.15, -0.1) is 0 Å². The van der Waals surface area contributed by atoms with Crippen molar-refractivity contribution in [3.8, 4) is 0 Å². The first-order valence-corrected chi connectivity index (χ1v) is 15.1. The Kier molecular flexibility index (Phi) is 9.81. The highest BCUT2D eigenvalue weighted by Gasteiger charge is 2.24. The molecule has 0 unspecified atom stereocenters. The van der Waals surface area contributed by atoms with Gasteiger partial charge in [0, 0.05) is 42.9 Å². The van der Waals surface area contributed by atoms with E-state index < -0.39 is 23.3 Å². The third kappa shape index (κ3) is 7.84. The number of alkyl carbamates (subject to hydrolysis) is 1. The molecule has 1 aliphatic heterocycles. The summed E-state index contributed by atoms with van der Waals surface area (Å²) in [6.07, 6.45) is 3.55. The normalized spacial score (nSPS) is 13.1. The molecule has 0 aliphatic carbocycles. The first-order valence-electron chi connectivity index (χ1n) is 14.3. The molecule has 4 rings (SSSR count). The first kappa shape index (κ1) is 30.9. The Balaban J connectivity index is 1.27. The van der Waals surface area contributed by atoms with Crippen LogP contribution in [0.1, 0.15) is 80.7 Å². The topological polar surface area (TPSA) is 155 Å². The van der Waals surface area contributed by atoms with E-state index in [2.05, 4.69) is 20.6 Å². The molecule has 1 aliphatic rings. The Morgan fingerprint density at radius 1 is 1.14 bits per heavy atom. The van der Waals surface area contributed by atoms with Crippen molar-refractivity contribution in [3.63, 3.8) is 0 Å². The minimum Gasteiger partial charge on any atom is -0.444 e. The zero-order valence-electron chi connectivity index (χ0n) is 24.5. The molecule has 2 aromatic heterocycles. The number of hydrogen-bond acceptors (Lipinski definition) is 8. The van der Waals surface area contributed by atoms with E-state index in [0.717, 1.165) is 34.4 Å². The Labute approximate surface area is 247 Å². The van der Waals surface area contributed by atoms with Gasteiger partial charge in [0.25, 0.3) is 11.5 Å². The lowest BCUT2D eigenvalue weighted by molar-refractivity contribution is -0.132. The predicted molar refractivity (Wildman–Crippen MR) is 161 cm³/mol. The summed E-state index contributed by atoms with van der Waals surface area (Å²) in [6.45, 7) is 9.16. The molecule has 0 radical (unpaired) electrons. The Morgan fingerprint density at radius 2 is 1.93 bits per heavy atom. The number of anilines is 1. The van der Waals surface area contributed by atoms with E-state index in [1.54, 1.807) is 12.1 Å². The number of ether oxygens (including phenoxy) is 1. The number of rotatable bonds is 10.